The highest BCUT2D eigenvalue weighted by Gasteiger charge is 2.11. The van der Waals surface area contributed by atoms with E-state index in [2.05, 4.69) is 24.5 Å². The molecule has 2 N–H and O–H groups in total. The monoisotopic (exact) mass is 402 g/mol. The van der Waals surface area contributed by atoms with Crippen molar-refractivity contribution in [2.45, 2.75) is 40.0 Å². The average Bonchev–Trinajstić information content (AvgIpc) is 2.65. The lowest BCUT2D eigenvalue weighted by molar-refractivity contribution is -0.116. The van der Waals surface area contributed by atoms with Gasteiger partial charge in [0.05, 0.1) is 17.3 Å². The SMILES string of the molecule is CCCC(=O)Nc1ccc(Cl)c(NC(=O)c2ccc(OCCC(C)C)cc2)c1. The van der Waals surface area contributed by atoms with Crippen LogP contribution < -0.4 is 15.4 Å². The summed E-state index contributed by atoms with van der Waals surface area (Å²) in [5, 5.41) is 5.98. The summed E-state index contributed by atoms with van der Waals surface area (Å²) in [5.74, 6) is 0.955. The van der Waals surface area contributed by atoms with Crippen molar-refractivity contribution >= 4 is 34.8 Å². The fourth-order valence-electron chi connectivity index (χ4n) is 2.46. The Morgan fingerprint density at radius 2 is 1.79 bits per heavy atom. The standard InChI is InChI=1S/C22H27ClN2O3/c1-4-5-21(26)24-17-8-11-19(23)20(14-17)25-22(27)16-6-9-18(10-7-16)28-13-12-15(2)3/h6-11,14-15H,4-5,12-13H2,1-3H3,(H,24,26)(H,25,27). The molecular weight excluding hydrogens is 376 g/mol. The van der Waals surface area contributed by atoms with Crippen LogP contribution in [0.5, 0.6) is 5.75 Å². The van der Waals surface area contributed by atoms with Gasteiger partial charge in [-0.05, 0) is 61.2 Å². The number of amides is 2. The molecule has 5 nitrogen and oxygen atoms in total. The van der Waals surface area contributed by atoms with Gasteiger partial charge in [0.2, 0.25) is 5.91 Å². The summed E-state index contributed by atoms with van der Waals surface area (Å²) in [6.07, 6.45) is 2.18. The number of carbonyl (C=O) groups is 2. The number of carbonyl (C=O) groups excluding carboxylic acids is 2. The molecule has 6 heteroatoms. The molecule has 0 heterocycles. The van der Waals surface area contributed by atoms with Crippen molar-refractivity contribution in [2.24, 2.45) is 5.92 Å². The average molecular weight is 403 g/mol. The Bertz CT molecular complexity index is 804. The minimum atomic E-state index is -0.285. The molecule has 2 aromatic carbocycles. The van der Waals surface area contributed by atoms with Gasteiger partial charge in [0, 0.05) is 17.7 Å². The first-order valence-corrected chi connectivity index (χ1v) is 9.90. The molecule has 28 heavy (non-hydrogen) atoms. The van der Waals surface area contributed by atoms with Crippen LogP contribution in [0.3, 0.4) is 0 Å². The number of nitrogens with one attached hydrogen (secondary N) is 2. The molecule has 0 unspecified atom stereocenters. The predicted octanol–water partition coefficient (Wildman–Crippen LogP) is 5.76. The van der Waals surface area contributed by atoms with Gasteiger partial charge >= 0.3 is 0 Å². The number of ether oxygens (including phenoxy) is 1. The van der Waals surface area contributed by atoms with Crippen molar-refractivity contribution in [1.29, 1.82) is 0 Å². The molecule has 2 rings (SSSR count). The van der Waals surface area contributed by atoms with Crippen molar-refractivity contribution in [3.8, 4) is 5.75 Å². The highest BCUT2D eigenvalue weighted by Crippen LogP contribution is 2.26. The molecule has 0 radical (unpaired) electrons. The Labute approximate surface area is 171 Å². The van der Waals surface area contributed by atoms with Crippen LogP contribution in [0.1, 0.15) is 50.4 Å². The van der Waals surface area contributed by atoms with Crippen molar-refractivity contribution in [3.63, 3.8) is 0 Å². The molecule has 150 valence electrons. The van der Waals surface area contributed by atoms with Crippen LogP contribution in [0.4, 0.5) is 11.4 Å². The quantitative estimate of drug-likeness (QED) is 0.560. The van der Waals surface area contributed by atoms with Gasteiger partial charge in [-0.1, -0.05) is 32.4 Å². The highest BCUT2D eigenvalue weighted by atomic mass is 35.5. The van der Waals surface area contributed by atoms with Gasteiger partial charge in [-0.15, -0.1) is 0 Å². The van der Waals surface area contributed by atoms with Crippen LogP contribution in [-0.2, 0) is 4.79 Å². The number of anilines is 2. The van der Waals surface area contributed by atoms with E-state index in [1.165, 1.54) is 0 Å². The van der Waals surface area contributed by atoms with Crippen molar-refractivity contribution < 1.29 is 14.3 Å². The Kier molecular flexibility index (Phi) is 8.33. The number of benzene rings is 2. The van der Waals surface area contributed by atoms with Crippen molar-refractivity contribution in [3.05, 3.63) is 53.1 Å². The lowest BCUT2D eigenvalue weighted by Gasteiger charge is -2.11. The molecular formula is C22H27ClN2O3. The molecule has 0 saturated heterocycles. The van der Waals surface area contributed by atoms with Crippen LogP contribution in [-0.4, -0.2) is 18.4 Å². The second-order valence-corrected chi connectivity index (χ2v) is 7.41. The predicted molar refractivity (Wildman–Crippen MR) is 114 cm³/mol. The minimum absolute atomic E-state index is 0.0739. The summed E-state index contributed by atoms with van der Waals surface area (Å²) >= 11 is 6.19. The van der Waals surface area contributed by atoms with E-state index < -0.39 is 0 Å². The first-order chi connectivity index (χ1) is 13.4. The largest absolute Gasteiger partial charge is 0.494 e. The van der Waals surface area contributed by atoms with Gasteiger partial charge in [-0.3, -0.25) is 9.59 Å². The maximum Gasteiger partial charge on any atom is 0.255 e. The second-order valence-electron chi connectivity index (χ2n) is 7.00. The van der Waals surface area contributed by atoms with Crippen LogP contribution >= 0.6 is 11.6 Å². The molecule has 0 aliphatic rings. The number of rotatable bonds is 9. The molecule has 0 saturated carbocycles. The zero-order valence-electron chi connectivity index (χ0n) is 16.5. The highest BCUT2D eigenvalue weighted by molar-refractivity contribution is 6.34. The summed E-state index contributed by atoms with van der Waals surface area (Å²) in [7, 11) is 0. The first kappa shape index (κ1) is 21.8. The van der Waals surface area contributed by atoms with Gasteiger partial charge in [0.25, 0.3) is 5.91 Å². The molecule has 2 amide bonds. The van der Waals surface area contributed by atoms with Crippen LogP contribution in [0.15, 0.2) is 42.5 Å². The summed E-state index contributed by atoms with van der Waals surface area (Å²) < 4.78 is 5.67. The van der Waals surface area contributed by atoms with E-state index in [1.54, 1.807) is 42.5 Å². The smallest absolute Gasteiger partial charge is 0.255 e. The first-order valence-electron chi connectivity index (χ1n) is 9.52. The molecule has 0 aliphatic heterocycles. The number of hydrogen-bond acceptors (Lipinski definition) is 3. The topological polar surface area (TPSA) is 67.4 Å². The van der Waals surface area contributed by atoms with Gasteiger partial charge in [-0.25, -0.2) is 0 Å². The van der Waals surface area contributed by atoms with Crippen LogP contribution in [0.2, 0.25) is 5.02 Å². The fraction of sp³-hybridized carbons (Fsp3) is 0.364. The minimum Gasteiger partial charge on any atom is -0.494 e. The van der Waals surface area contributed by atoms with E-state index in [1.807, 2.05) is 6.92 Å². The molecule has 0 atom stereocenters. The normalized spacial score (nSPS) is 10.6. The summed E-state index contributed by atoms with van der Waals surface area (Å²) in [4.78, 5) is 24.3. The Balaban J connectivity index is 2.00. The third-order valence-corrected chi connectivity index (χ3v) is 4.39. The maximum absolute atomic E-state index is 12.5. The van der Waals surface area contributed by atoms with Crippen molar-refractivity contribution in [1.82, 2.24) is 0 Å². The summed E-state index contributed by atoms with van der Waals surface area (Å²) in [6.45, 7) is 6.88. The van der Waals surface area contributed by atoms with E-state index >= 15 is 0 Å². The third-order valence-electron chi connectivity index (χ3n) is 4.06. The van der Waals surface area contributed by atoms with Crippen LogP contribution in [0, 0.1) is 5.92 Å². The zero-order valence-corrected chi connectivity index (χ0v) is 17.3. The fourth-order valence-corrected chi connectivity index (χ4v) is 2.62. The molecule has 0 aromatic heterocycles. The molecule has 0 bridgehead atoms. The second kappa shape index (κ2) is 10.7. The van der Waals surface area contributed by atoms with Gasteiger partial charge < -0.3 is 15.4 Å². The van der Waals surface area contributed by atoms with E-state index in [9.17, 15) is 9.59 Å². The molecule has 0 spiro atoms. The Morgan fingerprint density at radius 3 is 2.43 bits per heavy atom. The van der Waals surface area contributed by atoms with E-state index in [0.717, 1.165) is 18.6 Å². The number of halogens is 1. The lowest BCUT2D eigenvalue weighted by atomic mass is 10.1. The van der Waals surface area contributed by atoms with E-state index in [-0.39, 0.29) is 11.8 Å². The van der Waals surface area contributed by atoms with Gasteiger partial charge in [0.1, 0.15) is 5.75 Å². The Morgan fingerprint density at radius 1 is 1.07 bits per heavy atom. The summed E-state index contributed by atoms with van der Waals surface area (Å²) in [5.41, 5.74) is 1.53. The van der Waals surface area contributed by atoms with Crippen LogP contribution in [0.25, 0.3) is 0 Å². The van der Waals surface area contributed by atoms with Crippen molar-refractivity contribution in [2.75, 3.05) is 17.2 Å². The van der Waals surface area contributed by atoms with E-state index in [0.29, 0.717) is 40.9 Å². The van der Waals surface area contributed by atoms with E-state index in [4.69, 9.17) is 16.3 Å². The zero-order chi connectivity index (χ0) is 20.5. The molecule has 0 aliphatic carbocycles. The Hall–Kier alpha value is -2.53. The lowest BCUT2D eigenvalue weighted by Crippen LogP contribution is -2.14. The van der Waals surface area contributed by atoms with Gasteiger partial charge in [-0.2, -0.15) is 0 Å². The maximum atomic E-state index is 12.5. The van der Waals surface area contributed by atoms with Gasteiger partial charge in [0.15, 0.2) is 0 Å². The third kappa shape index (κ3) is 6.89. The molecule has 0 fully saturated rings. The summed E-state index contributed by atoms with van der Waals surface area (Å²) in [6, 6.07) is 12.0. The molecule has 2 aromatic rings. The number of hydrogen-bond donors (Lipinski definition) is 2.